The molecule has 0 saturated heterocycles. The lowest BCUT2D eigenvalue weighted by atomic mass is 9.81. The molecule has 1 nitrogen and oxygen atoms in total. The molecule has 4 atom stereocenters. The summed E-state index contributed by atoms with van der Waals surface area (Å²) in [7, 11) is 0. The van der Waals surface area contributed by atoms with Crippen LogP contribution in [0.15, 0.2) is 0 Å². The van der Waals surface area contributed by atoms with Crippen LogP contribution < -0.4 is 5.32 Å². The molecule has 2 aliphatic rings. The molecule has 0 aliphatic heterocycles. The predicted molar refractivity (Wildman–Crippen MR) is 66.0 cm³/mol. The molecule has 2 aliphatic carbocycles. The molecule has 0 aromatic carbocycles. The van der Waals surface area contributed by atoms with Gasteiger partial charge in [-0.2, -0.15) is 0 Å². The summed E-state index contributed by atoms with van der Waals surface area (Å²) in [4.78, 5) is 0. The lowest BCUT2D eigenvalue weighted by Gasteiger charge is -2.37. The van der Waals surface area contributed by atoms with Crippen LogP contribution >= 0.6 is 0 Å². The number of nitrogens with one attached hydrogen (secondary N) is 1. The second-order valence-electron chi connectivity index (χ2n) is 5.90. The molecule has 1 heteroatoms. The lowest BCUT2D eigenvalue weighted by Crippen LogP contribution is -2.47. The zero-order valence-electron chi connectivity index (χ0n) is 10.5. The fourth-order valence-corrected chi connectivity index (χ4v) is 3.40. The van der Waals surface area contributed by atoms with Crippen molar-refractivity contribution in [1.29, 1.82) is 0 Å². The van der Waals surface area contributed by atoms with Gasteiger partial charge in [-0.1, -0.05) is 39.5 Å². The summed E-state index contributed by atoms with van der Waals surface area (Å²) in [6.45, 7) is 4.87. The quantitative estimate of drug-likeness (QED) is 0.730. The second kappa shape index (κ2) is 5.34. The van der Waals surface area contributed by atoms with E-state index in [1.54, 1.807) is 0 Å². The van der Waals surface area contributed by atoms with Crippen LogP contribution in [0.25, 0.3) is 0 Å². The zero-order valence-corrected chi connectivity index (χ0v) is 10.5. The highest BCUT2D eigenvalue weighted by Gasteiger charge is 2.27. The first kappa shape index (κ1) is 11.4. The first-order chi connectivity index (χ1) is 7.27. The minimum Gasteiger partial charge on any atom is -0.311 e. The van der Waals surface area contributed by atoms with E-state index in [9.17, 15) is 0 Å². The van der Waals surface area contributed by atoms with Crippen molar-refractivity contribution in [3.05, 3.63) is 0 Å². The summed E-state index contributed by atoms with van der Waals surface area (Å²) in [5.74, 6) is 1.82. The highest BCUT2D eigenvalue weighted by Crippen LogP contribution is 2.28. The van der Waals surface area contributed by atoms with E-state index >= 15 is 0 Å². The zero-order chi connectivity index (χ0) is 10.7. The van der Waals surface area contributed by atoms with Crippen molar-refractivity contribution in [2.75, 3.05) is 0 Å². The fraction of sp³-hybridized carbons (Fsp3) is 1.00. The molecule has 0 amide bonds. The monoisotopic (exact) mass is 209 g/mol. The Morgan fingerprint density at radius 2 is 1.07 bits per heavy atom. The molecule has 0 spiro atoms. The van der Waals surface area contributed by atoms with Gasteiger partial charge in [-0.05, 0) is 37.5 Å². The van der Waals surface area contributed by atoms with Crippen molar-refractivity contribution < 1.29 is 0 Å². The van der Waals surface area contributed by atoms with E-state index in [1.807, 2.05) is 0 Å². The van der Waals surface area contributed by atoms with Gasteiger partial charge in [0.2, 0.25) is 0 Å². The van der Waals surface area contributed by atoms with Gasteiger partial charge >= 0.3 is 0 Å². The van der Waals surface area contributed by atoms with Crippen LogP contribution in [-0.2, 0) is 0 Å². The molecular weight excluding hydrogens is 182 g/mol. The maximum atomic E-state index is 3.96. The molecule has 2 fully saturated rings. The molecule has 15 heavy (non-hydrogen) atoms. The third kappa shape index (κ3) is 2.96. The van der Waals surface area contributed by atoms with Crippen LogP contribution in [0.2, 0.25) is 0 Å². The molecule has 4 unspecified atom stereocenters. The molecule has 1 N–H and O–H groups in total. The summed E-state index contributed by atoms with van der Waals surface area (Å²) in [5.41, 5.74) is 0. The smallest absolute Gasteiger partial charge is 0.00953 e. The SMILES string of the molecule is CC1CCCCC1NC1CCCCC1C. The van der Waals surface area contributed by atoms with Crippen molar-refractivity contribution in [3.8, 4) is 0 Å². The number of rotatable bonds is 2. The summed E-state index contributed by atoms with van der Waals surface area (Å²) in [6, 6.07) is 1.65. The van der Waals surface area contributed by atoms with Crippen LogP contribution in [-0.4, -0.2) is 12.1 Å². The maximum Gasteiger partial charge on any atom is 0.00953 e. The van der Waals surface area contributed by atoms with Crippen molar-refractivity contribution in [1.82, 2.24) is 5.32 Å². The van der Waals surface area contributed by atoms with Gasteiger partial charge in [-0.15, -0.1) is 0 Å². The van der Waals surface area contributed by atoms with E-state index in [2.05, 4.69) is 19.2 Å². The van der Waals surface area contributed by atoms with Gasteiger partial charge < -0.3 is 5.32 Å². The first-order valence-electron chi connectivity index (χ1n) is 7.03. The lowest BCUT2D eigenvalue weighted by molar-refractivity contribution is 0.200. The van der Waals surface area contributed by atoms with Crippen LogP contribution in [0.3, 0.4) is 0 Å². The minimum absolute atomic E-state index is 0.823. The largest absolute Gasteiger partial charge is 0.311 e. The van der Waals surface area contributed by atoms with Crippen LogP contribution in [0.4, 0.5) is 0 Å². The van der Waals surface area contributed by atoms with Gasteiger partial charge in [0.05, 0.1) is 0 Å². The van der Waals surface area contributed by atoms with Crippen LogP contribution in [0.5, 0.6) is 0 Å². The summed E-state index contributed by atoms with van der Waals surface area (Å²) in [5, 5.41) is 3.96. The van der Waals surface area contributed by atoms with Gasteiger partial charge in [0.25, 0.3) is 0 Å². The van der Waals surface area contributed by atoms with Gasteiger partial charge in [0.1, 0.15) is 0 Å². The Morgan fingerprint density at radius 1 is 0.667 bits per heavy atom. The Kier molecular flexibility index (Phi) is 4.07. The minimum atomic E-state index is 0.823. The highest BCUT2D eigenvalue weighted by molar-refractivity contribution is 4.85. The fourth-order valence-electron chi connectivity index (χ4n) is 3.40. The van der Waals surface area contributed by atoms with E-state index < -0.39 is 0 Å². The van der Waals surface area contributed by atoms with E-state index in [0.717, 1.165) is 23.9 Å². The summed E-state index contributed by atoms with van der Waals surface area (Å²) in [6.07, 6.45) is 11.5. The summed E-state index contributed by atoms with van der Waals surface area (Å²) < 4.78 is 0. The van der Waals surface area contributed by atoms with Crippen molar-refractivity contribution in [2.45, 2.75) is 77.3 Å². The molecule has 88 valence electrons. The third-order valence-electron chi connectivity index (χ3n) is 4.65. The average molecular weight is 209 g/mol. The Labute approximate surface area is 95.0 Å². The number of hydrogen-bond donors (Lipinski definition) is 1. The molecule has 0 radical (unpaired) electrons. The average Bonchev–Trinajstić information content (AvgIpc) is 2.24. The van der Waals surface area contributed by atoms with Gasteiger partial charge in [-0.25, -0.2) is 0 Å². The Balaban J connectivity index is 1.83. The topological polar surface area (TPSA) is 12.0 Å². The second-order valence-corrected chi connectivity index (χ2v) is 5.90. The van der Waals surface area contributed by atoms with Gasteiger partial charge in [-0.3, -0.25) is 0 Å². The third-order valence-corrected chi connectivity index (χ3v) is 4.65. The molecule has 0 heterocycles. The first-order valence-corrected chi connectivity index (χ1v) is 7.03. The molecule has 2 rings (SSSR count). The molecular formula is C14H27N. The Hall–Kier alpha value is -0.0400. The molecule has 0 aromatic rings. The maximum absolute atomic E-state index is 3.96. The normalized spacial score (nSPS) is 42.8. The molecule has 2 saturated carbocycles. The van der Waals surface area contributed by atoms with E-state index in [4.69, 9.17) is 0 Å². The van der Waals surface area contributed by atoms with E-state index in [1.165, 1.54) is 51.4 Å². The van der Waals surface area contributed by atoms with E-state index in [-0.39, 0.29) is 0 Å². The van der Waals surface area contributed by atoms with E-state index in [0.29, 0.717) is 0 Å². The van der Waals surface area contributed by atoms with Crippen LogP contribution in [0.1, 0.15) is 65.2 Å². The van der Waals surface area contributed by atoms with Crippen molar-refractivity contribution in [2.24, 2.45) is 11.8 Å². The van der Waals surface area contributed by atoms with Gasteiger partial charge in [0, 0.05) is 12.1 Å². The van der Waals surface area contributed by atoms with Crippen molar-refractivity contribution in [3.63, 3.8) is 0 Å². The van der Waals surface area contributed by atoms with Crippen molar-refractivity contribution >= 4 is 0 Å². The standard InChI is InChI=1S/C14H27N/c1-11-7-3-5-9-13(11)15-14-10-6-4-8-12(14)2/h11-15H,3-10H2,1-2H3. The van der Waals surface area contributed by atoms with Gasteiger partial charge in [0.15, 0.2) is 0 Å². The highest BCUT2D eigenvalue weighted by atomic mass is 15.0. The number of hydrogen-bond acceptors (Lipinski definition) is 1. The predicted octanol–water partition coefficient (Wildman–Crippen LogP) is 3.73. The van der Waals surface area contributed by atoms with Crippen LogP contribution in [0, 0.1) is 11.8 Å². The molecule has 0 bridgehead atoms. The molecule has 0 aromatic heterocycles. The Bertz CT molecular complexity index is 170. The summed E-state index contributed by atoms with van der Waals surface area (Å²) >= 11 is 0. The Morgan fingerprint density at radius 3 is 1.47 bits per heavy atom.